The molecule has 126 valence electrons. The first kappa shape index (κ1) is 19.0. The predicted molar refractivity (Wildman–Crippen MR) is 92.4 cm³/mol. The summed E-state index contributed by atoms with van der Waals surface area (Å²) in [4.78, 5) is 27.5. The number of ether oxygens (including phenoxy) is 2. The minimum absolute atomic E-state index is 0.294. The molecule has 0 heterocycles. The fourth-order valence-corrected chi connectivity index (χ4v) is 1.94. The number of rotatable bonds is 6. The van der Waals surface area contributed by atoms with Gasteiger partial charge >= 0.3 is 12.1 Å². The molecule has 0 spiro atoms. The summed E-state index contributed by atoms with van der Waals surface area (Å²) >= 11 is 1.29. The molecule has 0 fully saturated rings. The summed E-state index contributed by atoms with van der Waals surface area (Å²) in [7, 11) is 0. The summed E-state index contributed by atoms with van der Waals surface area (Å²) in [6, 6.07) is 6.68. The van der Waals surface area contributed by atoms with Crippen LogP contribution in [-0.4, -0.2) is 36.7 Å². The summed E-state index contributed by atoms with van der Waals surface area (Å²) in [6.07, 6.45) is 3.08. The van der Waals surface area contributed by atoms with Crippen molar-refractivity contribution in [3.63, 3.8) is 0 Å². The van der Waals surface area contributed by atoms with Gasteiger partial charge in [0.05, 0.1) is 24.5 Å². The highest BCUT2D eigenvalue weighted by Crippen LogP contribution is 2.16. The summed E-state index contributed by atoms with van der Waals surface area (Å²) < 4.78 is 9.94. The molecule has 1 amide bonds. The maximum atomic E-state index is 11.8. The first-order chi connectivity index (χ1) is 11.1. The van der Waals surface area contributed by atoms with Crippen LogP contribution in [0.4, 0.5) is 10.5 Å². The molecule has 0 aliphatic rings. The number of carbonyl (C=O) groups excluding carboxylic acids is 2. The molecule has 0 saturated carbocycles. The van der Waals surface area contributed by atoms with Crippen molar-refractivity contribution in [3.05, 3.63) is 29.8 Å². The van der Waals surface area contributed by atoms with Gasteiger partial charge in [-0.05, 0) is 43.9 Å². The van der Waals surface area contributed by atoms with E-state index in [1.165, 1.54) is 11.8 Å². The van der Waals surface area contributed by atoms with E-state index in [9.17, 15) is 9.59 Å². The van der Waals surface area contributed by atoms with Crippen molar-refractivity contribution in [1.29, 1.82) is 0 Å². The normalized spacial score (nSPS) is 11.0. The van der Waals surface area contributed by atoms with Crippen LogP contribution in [0.1, 0.15) is 37.0 Å². The van der Waals surface area contributed by atoms with Crippen LogP contribution in [0.25, 0.3) is 0 Å². The zero-order valence-corrected chi connectivity index (χ0v) is 14.4. The second-order valence-electron chi connectivity index (χ2n) is 4.50. The van der Waals surface area contributed by atoms with Crippen molar-refractivity contribution >= 4 is 34.7 Å². The molecule has 0 bridgehead atoms. The summed E-state index contributed by atoms with van der Waals surface area (Å²) in [5.41, 5.74) is 1.10. The van der Waals surface area contributed by atoms with Crippen LogP contribution < -0.4 is 5.32 Å². The van der Waals surface area contributed by atoms with Gasteiger partial charge in [0.1, 0.15) is 0 Å². The summed E-state index contributed by atoms with van der Waals surface area (Å²) in [6.45, 7) is 4.49. The third-order valence-electron chi connectivity index (χ3n) is 2.74. The Morgan fingerprint density at radius 1 is 1.17 bits per heavy atom. The third-order valence-corrected chi connectivity index (χ3v) is 3.32. The molecule has 1 aromatic carbocycles. The summed E-state index contributed by atoms with van der Waals surface area (Å²) in [5, 5.41) is 2.97. The average Bonchev–Trinajstić information content (AvgIpc) is 2.55. The minimum Gasteiger partial charge on any atom is -0.462 e. The number of carbonyl (C=O) groups is 2. The molecular formula is C16H22N2O4S. The van der Waals surface area contributed by atoms with Crippen LogP contribution in [0.5, 0.6) is 0 Å². The highest BCUT2D eigenvalue weighted by atomic mass is 32.2. The van der Waals surface area contributed by atoms with Crippen LogP contribution >= 0.6 is 11.8 Å². The Hall–Kier alpha value is -2.02. The first-order valence-corrected chi connectivity index (χ1v) is 8.66. The maximum absolute atomic E-state index is 11.8. The number of hydrogen-bond acceptors (Lipinski definition) is 6. The first-order valence-electron chi connectivity index (χ1n) is 7.44. The van der Waals surface area contributed by atoms with E-state index in [0.29, 0.717) is 29.6 Å². The standard InChI is InChI=1S/C16H22N2O4S/c1-4-6-11-22-14(19)12-7-9-13(10-8-12)17-15(23-3)18-16(20)21-5-2/h7-10H,4-6,11H2,1-3H3,(H,17,18,20). The molecule has 0 aromatic heterocycles. The van der Waals surface area contributed by atoms with Crippen LogP contribution in [0.3, 0.4) is 0 Å². The van der Waals surface area contributed by atoms with E-state index in [2.05, 4.69) is 10.3 Å². The number of aliphatic imine (C=N–C) groups is 1. The van der Waals surface area contributed by atoms with E-state index < -0.39 is 6.09 Å². The largest absolute Gasteiger partial charge is 0.462 e. The number of hydrogen-bond donors (Lipinski definition) is 1. The molecule has 1 rings (SSSR count). The molecule has 0 aliphatic carbocycles. The Labute approximate surface area is 140 Å². The second kappa shape index (κ2) is 10.7. The van der Waals surface area contributed by atoms with Crippen molar-refractivity contribution in [2.45, 2.75) is 26.7 Å². The van der Waals surface area contributed by atoms with Gasteiger partial charge in [-0.2, -0.15) is 0 Å². The van der Waals surface area contributed by atoms with Gasteiger partial charge < -0.3 is 9.47 Å². The predicted octanol–water partition coefficient (Wildman–Crippen LogP) is 3.74. The molecule has 6 nitrogen and oxygen atoms in total. The number of amides is 1. The van der Waals surface area contributed by atoms with Crippen molar-refractivity contribution in [1.82, 2.24) is 5.32 Å². The molecule has 1 N–H and O–H groups in total. The Morgan fingerprint density at radius 3 is 2.43 bits per heavy atom. The van der Waals surface area contributed by atoms with Crippen molar-refractivity contribution in [2.75, 3.05) is 19.5 Å². The number of nitrogens with zero attached hydrogens (tertiary/aromatic N) is 1. The van der Waals surface area contributed by atoms with Crippen molar-refractivity contribution in [3.8, 4) is 0 Å². The number of alkyl carbamates (subject to hydrolysis) is 1. The van der Waals surface area contributed by atoms with Gasteiger partial charge in [0.15, 0.2) is 5.17 Å². The Balaban J connectivity index is 2.68. The Kier molecular flexibility index (Phi) is 8.82. The van der Waals surface area contributed by atoms with Gasteiger partial charge in [-0.15, -0.1) is 0 Å². The van der Waals surface area contributed by atoms with Gasteiger partial charge in [-0.25, -0.2) is 14.6 Å². The molecule has 0 unspecified atom stereocenters. The van der Waals surface area contributed by atoms with Crippen LogP contribution in [0.15, 0.2) is 29.3 Å². The Bertz CT molecular complexity index is 544. The smallest absolute Gasteiger partial charge is 0.413 e. The topological polar surface area (TPSA) is 77.0 Å². The average molecular weight is 338 g/mol. The lowest BCUT2D eigenvalue weighted by molar-refractivity contribution is 0.0499. The fourth-order valence-electron chi connectivity index (χ4n) is 1.56. The van der Waals surface area contributed by atoms with Crippen LogP contribution in [0.2, 0.25) is 0 Å². The lowest BCUT2D eigenvalue weighted by Crippen LogP contribution is -2.28. The molecular weight excluding hydrogens is 316 g/mol. The molecule has 7 heteroatoms. The molecule has 0 atom stereocenters. The van der Waals surface area contributed by atoms with Crippen LogP contribution in [0, 0.1) is 0 Å². The maximum Gasteiger partial charge on any atom is 0.413 e. The monoisotopic (exact) mass is 338 g/mol. The van der Waals surface area contributed by atoms with E-state index in [1.807, 2.05) is 6.92 Å². The molecule has 0 radical (unpaired) electrons. The summed E-state index contributed by atoms with van der Waals surface area (Å²) in [5.74, 6) is -0.344. The number of esters is 1. The lowest BCUT2D eigenvalue weighted by Gasteiger charge is -2.07. The SMILES string of the molecule is CCCCOC(=O)c1ccc(N=C(NC(=O)OCC)SC)cc1. The second-order valence-corrected chi connectivity index (χ2v) is 5.30. The van der Waals surface area contributed by atoms with Gasteiger partial charge in [-0.1, -0.05) is 25.1 Å². The number of benzene rings is 1. The number of unbranched alkanes of at least 4 members (excludes halogenated alkanes) is 1. The molecule has 23 heavy (non-hydrogen) atoms. The number of nitrogens with one attached hydrogen (secondary N) is 1. The van der Waals surface area contributed by atoms with E-state index in [-0.39, 0.29) is 5.97 Å². The highest BCUT2D eigenvalue weighted by molar-refractivity contribution is 8.13. The van der Waals surface area contributed by atoms with Crippen molar-refractivity contribution in [2.24, 2.45) is 4.99 Å². The van der Waals surface area contributed by atoms with E-state index in [0.717, 1.165) is 12.8 Å². The zero-order valence-electron chi connectivity index (χ0n) is 13.6. The quantitative estimate of drug-likeness (QED) is 0.370. The number of amidine groups is 1. The Morgan fingerprint density at radius 2 is 1.87 bits per heavy atom. The highest BCUT2D eigenvalue weighted by Gasteiger charge is 2.08. The van der Waals surface area contributed by atoms with Gasteiger partial charge in [-0.3, -0.25) is 5.32 Å². The molecule has 0 saturated heterocycles. The van der Waals surface area contributed by atoms with Crippen molar-refractivity contribution < 1.29 is 19.1 Å². The van der Waals surface area contributed by atoms with Crippen LogP contribution in [-0.2, 0) is 9.47 Å². The zero-order chi connectivity index (χ0) is 17.1. The molecule has 0 aliphatic heterocycles. The van der Waals surface area contributed by atoms with E-state index in [4.69, 9.17) is 9.47 Å². The lowest BCUT2D eigenvalue weighted by atomic mass is 10.2. The minimum atomic E-state index is -0.545. The third kappa shape index (κ3) is 7.19. The molecule has 1 aromatic rings. The van der Waals surface area contributed by atoms with Gasteiger partial charge in [0, 0.05) is 0 Å². The van der Waals surface area contributed by atoms with E-state index in [1.54, 1.807) is 37.4 Å². The van der Waals surface area contributed by atoms with Gasteiger partial charge in [0.2, 0.25) is 0 Å². The number of thioether (sulfide) groups is 1. The van der Waals surface area contributed by atoms with Gasteiger partial charge in [0.25, 0.3) is 0 Å². The van der Waals surface area contributed by atoms with E-state index >= 15 is 0 Å². The fraction of sp³-hybridized carbons (Fsp3) is 0.438.